The van der Waals surface area contributed by atoms with Crippen molar-refractivity contribution >= 4 is 5.82 Å². The maximum atomic E-state index is 11.5. The molecule has 5 heteroatoms. The third-order valence-corrected chi connectivity index (χ3v) is 2.28. The van der Waals surface area contributed by atoms with Gasteiger partial charge in [0.25, 0.3) is 5.56 Å². The fourth-order valence-electron chi connectivity index (χ4n) is 1.65. The predicted molar refractivity (Wildman–Crippen MR) is 64.2 cm³/mol. The van der Waals surface area contributed by atoms with Gasteiger partial charge < -0.3 is 14.6 Å². The molecule has 0 radical (unpaired) electrons. The minimum absolute atomic E-state index is 0.232. The molecule has 1 aromatic rings. The van der Waals surface area contributed by atoms with E-state index < -0.39 is 0 Å². The van der Waals surface area contributed by atoms with Gasteiger partial charge in [-0.2, -0.15) is 0 Å². The first-order valence-corrected chi connectivity index (χ1v) is 5.61. The van der Waals surface area contributed by atoms with Gasteiger partial charge in [-0.05, 0) is 12.8 Å². The zero-order chi connectivity index (χ0) is 12.0. The lowest BCUT2D eigenvalue weighted by Gasteiger charge is -2.23. The summed E-state index contributed by atoms with van der Waals surface area (Å²) >= 11 is 0. The molecule has 0 saturated heterocycles. The summed E-state index contributed by atoms with van der Waals surface area (Å²) in [6, 6.07) is 0. The summed E-state index contributed by atoms with van der Waals surface area (Å²) in [6.07, 6.45) is 3.44. The Morgan fingerprint density at radius 3 is 2.50 bits per heavy atom. The SMILES string of the molecule is CCCN(CCC)c1nc[nH]c(=O)c1OC. The molecule has 16 heavy (non-hydrogen) atoms. The molecular weight excluding hydrogens is 206 g/mol. The van der Waals surface area contributed by atoms with Crippen molar-refractivity contribution in [3.63, 3.8) is 0 Å². The molecule has 0 aliphatic heterocycles. The zero-order valence-corrected chi connectivity index (χ0v) is 10.1. The van der Waals surface area contributed by atoms with Crippen molar-refractivity contribution in [2.45, 2.75) is 26.7 Å². The number of methoxy groups -OCH3 is 1. The second kappa shape index (κ2) is 6.15. The van der Waals surface area contributed by atoms with Gasteiger partial charge in [-0.3, -0.25) is 4.79 Å². The standard InChI is InChI=1S/C11H19N3O2/c1-4-6-14(7-5-2)10-9(16-3)11(15)13-8-12-10/h8H,4-7H2,1-3H3,(H,12,13,15). The minimum atomic E-state index is -0.232. The smallest absolute Gasteiger partial charge is 0.295 e. The first-order valence-electron chi connectivity index (χ1n) is 5.61. The first-order chi connectivity index (χ1) is 7.74. The normalized spacial score (nSPS) is 10.2. The second-order valence-corrected chi connectivity index (χ2v) is 3.58. The van der Waals surface area contributed by atoms with Crippen molar-refractivity contribution in [2.24, 2.45) is 0 Å². The molecule has 1 heterocycles. The molecule has 0 aromatic carbocycles. The summed E-state index contributed by atoms with van der Waals surface area (Å²) in [5, 5.41) is 0. The molecule has 0 aliphatic rings. The third kappa shape index (κ3) is 2.74. The number of hydrogen-bond donors (Lipinski definition) is 1. The number of nitrogens with zero attached hydrogens (tertiary/aromatic N) is 2. The van der Waals surface area contributed by atoms with Gasteiger partial charge in [-0.25, -0.2) is 4.98 Å². The summed E-state index contributed by atoms with van der Waals surface area (Å²) in [6.45, 7) is 5.95. The summed E-state index contributed by atoms with van der Waals surface area (Å²) in [5.41, 5.74) is -0.232. The lowest BCUT2D eigenvalue weighted by molar-refractivity contribution is 0.405. The van der Waals surface area contributed by atoms with Gasteiger partial charge in [0.15, 0.2) is 5.82 Å². The molecule has 90 valence electrons. The molecule has 5 nitrogen and oxygen atoms in total. The number of rotatable bonds is 6. The number of hydrogen-bond acceptors (Lipinski definition) is 4. The lowest BCUT2D eigenvalue weighted by Crippen LogP contribution is -2.28. The van der Waals surface area contributed by atoms with Gasteiger partial charge in [0.05, 0.1) is 13.4 Å². The van der Waals surface area contributed by atoms with E-state index in [1.165, 1.54) is 13.4 Å². The van der Waals surface area contributed by atoms with Crippen LogP contribution in [0.3, 0.4) is 0 Å². The number of aromatic nitrogens is 2. The van der Waals surface area contributed by atoms with Crippen LogP contribution in [0, 0.1) is 0 Å². The fraction of sp³-hybridized carbons (Fsp3) is 0.636. The number of aromatic amines is 1. The van der Waals surface area contributed by atoms with Crippen LogP contribution in [0.5, 0.6) is 5.75 Å². The molecule has 0 unspecified atom stereocenters. The van der Waals surface area contributed by atoms with E-state index in [2.05, 4.69) is 28.7 Å². The molecule has 0 aliphatic carbocycles. The topological polar surface area (TPSA) is 58.2 Å². The van der Waals surface area contributed by atoms with E-state index in [1.54, 1.807) is 0 Å². The molecule has 0 amide bonds. The van der Waals surface area contributed by atoms with Crippen LogP contribution < -0.4 is 15.2 Å². The Balaban J connectivity index is 3.07. The van der Waals surface area contributed by atoms with Gasteiger partial charge in [0, 0.05) is 13.1 Å². The Bertz CT molecular complexity index is 370. The van der Waals surface area contributed by atoms with Crippen LogP contribution in [-0.2, 0) is 0 Å². The molecule has 0 bridgehead atoms. The monoisotopic (exact) mass is 225 g/mol. The lowest BCUT2D eigenvalue weighted by atomic mass is 10.3. The fourth-order valence-corrected chi connectivity index (χ4v) is 1.65. The molecule has 1 rings (SSSR count). The summed E-state index contributed by atoms with van der Waals surface area (Å²) in [4.78, 5) is 20.3. The molecule has 0 atom stereocenters. The van der Waals surface area contributed by atoms with Gasteiger partial charge in [0.1, 0.15) is 0 Å². The van der Waals surface area contributed by atoms with Crippen LogP contribution in [0.1, 0.15) is 26.7 Å². The van der Waals surface area contributed by atoms with Crippen molar-refractivity contribution in [3.05, 3.63) is 16.7 Å². The van der Waals surface area contributed by atoms with Crippen LogP contribution in [0.15, 0.2) is 11.1 Å². The highest BCUT2D eigenvalue weighted by Gasteiger charge is 2.14. The van der Waals surface area contributed by atoms with Crippen molar-refractivity contribution in [2.75, 3.05) is 25.1 Å². The quantitative estimate of drug-likeness (QED) is 0.795. The first kappa shape index (κ1) is 12.5. The highest BCUT2D eigenvalue weighted by Crippen LogP contribution is 2.20. The zero-order valence-electron chi connectivity index (χ0n) is 10.1. The van der Waals surface area contributed by atoms with Crippen LogP contribution in [0.25, 0.3) is 0 Å². The van der Waals surface area contributed by atoms with E-state index in [0.29, 0.717) is 11.6 Å². The Labute approximate surface area is 95.5 Å². The van der Waals surface area contributed by atoms with Crippen molar-refractivity contribution in [1.29, 1.82) is 0 Å². The van der Waals surface area contributed by atoms with Crippen LogP contribution in [-0.4, -0.2) is 30.2 Å². The number of ether oxygens (including phenoxy) is 1. The van der Waals surface area contributed by atoms with Gasteiger partial charge in [-0.1, -0.05) is 13.8 Å². The minimum Gasteiger partial charge on any atom is -0.489 e. The number of nitrogens with one attached hydrogen (secondary N) is 1. The van der Waals surface area contributed by atoms with Crippen LogP contribution in [0.4, 0.5) is 5.82 Å². The number of anilines is 1. The Morgan fingerprint density at radius 1 is 1.38 bits per heavy atom. The van der Waals surface area contributed by atoms with E-state index in [-0.39, 0.29) is 5.56 Å². The average molecular weight is 225 g/mol. The maximum absolute atomic E-state index is 11.5. The van der Waals surface area contributed by atoms with E-state index in [4.69, 9.17) is 4.74 Å². The Hall–Kier alpha value is -1.52. The van der Waals surface area contributed by atoms with Crippen LogP contribution >= 0.6 is 0 Å². The number of H-pyrrole nitrogens is 1. The van der Waals surface area contributed by atoms with Gasteiger partial charge >= 0.3 is 0 Å². The molecule has 0 saturated carbocycles. The second-order valence-electron chi connectivity index (χ2n) is 3.58. The van der Waals surface area contributed by atoms with Gasteiger partial charge in [0.2, 0.25) is 5.75 Å². The molecule has 0 spiro atoms. The highest BCUT2D eigenvalue weighted by molar-refractivity contribution is 5.50. The average Bonchev–Trinajstić information content (AvgIpc) is 2.28. The van der Waals surface area contributed by atoms with Crippen LogP contribution in [0.2, 0.25) is 0 Å². The summed E-state index contributed by atoms with van der Waals surface area (Å²) < 4.78 is 5.10. The van der Waals surface area contributed by atoms with Crippen molar-refractivity contribution in [1.82, 2.24) is 9.97 Å². The molecule has 1 N–H and O–H groups in total. The molecule has 0 fully saturated rings. The van der Waals surface area contributed by atoms with E-state index in [0.717, 1.165) is 25.9 Å². The maximum Gasteiger partial charge on any atom is 0.295 e. The van der Waals surface area contributed by atoms with E-state index in [1.807, 2.05) is 0 Å². The molecule has 1 aromatic heterocycles. The van der Waals surface area contributed by atoms with Crippen molar-refractivity contribution < 1.29 is 4.74 Å². The Morgan fingerprint density at radius 2 is 2.00 bits per heavy atom. The van der Waals surface area contributed by atoms with Gasteiger partial charge in [-0.15, -0.1) is 0 Å². The van der Waals surface area contributed by atoms with E-state index >= 15 is 0 Å². The third-order valence-electron chi connectivity index (χ3n) is 2.28. The summed E-state index contributed by atoms with van der Waals surface area (Å²) in [5.74, 6) is 0.930. The largest absolute Gasteiger partial charge is 0.489 e. The molecular formula is C11H19N3O2. The highest BCUT2D eigenvalue weighted by atomic mass is 16.5. The summed E-state index contributed by atoms with van der Waals surface area (Å²) in [7, 11) is 1.49. The predicted octanol–water partition coefficient (Wildman–Crippen LogP) is 1.40. The van der Waals surface area contributed by atoms with E-state index in [9.17, 15) is 4.79 Å². The van der Waals surface area contributed by atoms with Crippen molar-refractivity contribution in [3.8, 4) is 5.75 Å². The Kier molecular flexibility index (Phi) is 4.82.